The second-order valence-electron chi connectivity index (χ2n) is 20.5. The predicted octanol–water partition coefficient (Wildman–Crippen LogP) is 5.35. The molecule has 2 heterocycles. The summed E-state index contributed by atoms with van der Waals surface area (Å²) in [6, 6.07) is 0. The van der Waals surface area contributed by atoms with Crippen LogP contribution in [0.3, 0.4) is 0 Å². The van der Waals surface area contributed by atoms with Crippen molar-refractivity contribution in [3.63, 3.8) is 0 Å². The number of fused-ring (bicyclic) bond motifs is 5. The van der Waals surface area contributed by atoms with Crippen molar-refractivity contribution >= 4 is 5.78 Å². The SMILES string of the molecule is CCCC1CCC2OC3C(CCCCC3(O)C(C)(O)C3CCC4(O)C5=CC(=O)C6CC(O)C(O)CC67CC(C6=CNC(N)C=C6)C=CC(CC34C)C57)C2CC1. The van der Waals surface area contributed by atoms with Crippen molar-refractivity contribution in [1.82, 2.24) is 5.32 Å². The Balaban J connectivity index is 1.09. The van der Waals surface area contributed by atoms with Gasteiger partial charge < -0.3 is 41.3 Å². The molecule has 55 heavy (non-hydrogen) atoms. The fourth-order valence-corrected chi connectivity index (χ4v) is 15.4. The van der Waals surface area contributed by atoms with Crippen LogP contribution in [0.5, 0.6) is 0 Å². The van der Waals surface area contributed by atoms with Crippen molar-refractivity contribution in [3.8, 4) is 0 Å². The minimum absolute atomic E-state index is 0.0618. The van der Waals surface area contributed by atoms with E-state index in [9.17, 15) is 30.3 Å². The van der Waals surface area contributed by atoms with Crippen molar-refractivity contribution in [2.75, 3.05) is 0 Å². The highest BCUT2D eigenvalue weighted by molar-refractivity contribution is 5.95. The summed E-state index contributed by atoms with van der Waals surface area (Å²) in [4.78, 5) is 14.5. The standard InChI is InChI=1S/C46H68N2O7/c1-4-7-26-9-14-30-31-8-5-6-18-46(54,41(31)55-37(30)15-10-26)43(3,52)38-17-19-45(53)33-21-34(49)32-20-35(50)36(51)24-44(32)23-27(29-13-16-39(47)48-25-29)11-12-28(40(33)44)22-42(38,45)2/h11-13,16,21,25-28,30-32,35-41,48,50-54H,4-10,14-15,17-20,22-24,47H2,1-3H3. The van der Waals surface area contributed by atoms with Crippen molar-refractivity contribution < 1.29 is 35.1 Å². The van der Waals surface area contributed by atoms with Crippen LogP contribution >= 0.6 is 0 Å². The van der Waals surface area contributed by atoms with E-state index in [-0.39, 0.29) is 54.6 Å². The average molecular weight is 761 g/mol. The van der Waals surface area contributed by atoms with E-state index in [1.165, 1.54) is 19.3 Å². The van der Waals surface area contributed by atoms with E-state index < -0.39 is 57.8 Å². The molecule has 18 atom stereocenters. The first-order valence-corrected chi connectivity index (χ1v) is 22.2. The van der Waals surface area contributed by atoms with E-state index in [4.69, 9.17) is 10.5 Å². The van der Waals surface area contributed by atoms with Gasteiger partial charge in [-0.15, -0.1) is 0 Å². The van der Waals surface area contributed by atoms with E-state index in [0.717, 1.165) is 55.6 Å². The number of carbonyl (C=O) groups excluding carboxylic acids is 1. The van der Waals surface area contributed by atoms with Gasteiger partial charge in [0, 0.05) is 23.5 Å². The lowest BCUT2D eigenvalue weighted by Gasteiger charge is -2.64. The van der Waals surface area contributed by atoms with Crippen LogP contribution in [-0.2, 0) is 9.53 Å². The molecule has 7 aliphatic carbocycles. The number of hydrogen-bond acceptors (Lipinski definition) is 9. The number of nitrogens with one attached hydrogen (secondary N) is 1. The zero-order chi connectivity index (χ0) is 38.7. The molecule has 8 N–H and O–H groups in total. The Morgan fingerprint density at radius 2 is 1.76 bits per heavy atom. The highest BCUT2D eigenvalue weighted by atomic mass is 16.5. The van der Waals surface area contributed by atoms with Crippen molar-refractivity contribution in [2.24, 2.45) is 63.9 Å². The maximum absolute atomic E-state index is 14.5. The number of aliphatic hydroxyl groups excluding tert-OH is 2. The smallest absolute Gasteiger partial charge is 0.159 e. The van der Waals surface area contributed by atoms with Gasteiger partial charge in [-0.3, -0.25) is 4.79 Å². The first-order chi connectivity index (χ1) is 26.2. The molecule has 1 spiro atoms. The van der Waals surface area contributed by atoms with E-state index in [0.29, 0.717) is 38.0 Å². The van der Waals surface area contributed by atoms with Crippen LogP contribution in [0, 0.1) is 58.2 Å². The number of ketones is 1. The van der Waals surface area contributed by atoms with Crippen LogP contribution in [0.15, 0.2) is 47.7 Å². The molecule has 1 saturated heterocycles. The minimum atomic E-state index is -1.57. The highest BCUT2D eigenvalue weighted by Gasteiger charge is 2.74. The Morgan fingerprint density at radius 3 is 2.53 bits per heavy atom. The monoisotopic (exact) mass is 761 g/mol. The molecule has 0 radical (unpaired) electrons. The molecule has 0 aromatic carbocycles. The number of nitrogens with two attached hydrogens (primary N) is 1. The second-order valence-corrected chi connectivity index (χ2v) is 20.5. The molecule has 0 amide bonds. The summed E-state index contributed by atoms with van der Waals surface area (Å²) in [5.41, 5.74) is 1.94. The Hall–Kier alpha value is -1.85. The van der Waals surface area contributed by atoms with Gasteiger partial charge in [-0.1, -0.05) is 64.2 Å². The molecule has 9 nitrogen and oxygen atoms in total. The predicted molar refractivity (Wildman–Crippen MR) is 210 cm³/mol. The van der Waals surface area contributed by atoms with Gasteiger partial charge in [0.1, 0.15) is 5.60 Å². The summed E-state index contributed by atoms with van der Waals surface area (Å²) in [6.07, 6.45) is 22.5. The third kappa shape index (κ3) is 5.59. The fraction of sp³-hybridized carbons (Fsp3) is 0.804. The molecule has 9 rings (SSSR count). The van der Waals surface area contributed by atoms with Crippen molar-refractivity contribution in [2.45, 2.75) is 171 Å². The topological polar surface area (TPSA) is 166 Å². The number of ether oxygens (including phenoxy) is 1. The van der Waals surface area contributed by atoms with Crippen LogP contribution in [0.2, 0.25) is 0 Å². The lowest BCUT2D eigenvalue weighted by Crippen LogP contribution is -2.69. The number of carbonyl (C=O) groups is 1. The first-order valence-electron chi connectivity index (χ1n) is 22.2. The van der Waals surface area contributed by atoms with Gasteiger partial charge in [0.2, 0.25) is 0 Å². The molecule has 2 aliphatic heterocycles. The number of allylic oxidation sites excluding steroid dienone is 5. The summed E-state index contributed by atoms with van der Waals surface area (Å²) in [7, 11) is 0. The summed E-state index contributed by atoms with van der Waals surface area (Å²) >= 11 is 0. The Morgan fingerprint density at radius 1 is 0.964 bits per heavy atom. The molecule has 9 heteroatoms. The maximum Gasteiger partial charge on any atom is 0.159 e. The van der Waals surface area contributed by atoms with Gasteiger partial charge in [-0.05, 0) is 142 Å². The quantitative estimate of drug-likeness (QED) is 0.183. The normalized spacial score (nSPS) is 52.7. The largest absolute Gasteiger partial charge is 0.390 e. The van der Waals surface area contributed by atoms with Crippen LogP contribution in [0.4, 0.5) is 0 Å². The van der Waals surface area contributed by atoms with Gasteiger partial charge in [0.05, 0.1) is 41.8 Å². The molecule has 0 aromatic heterocycles. The van der Waals surface area contributed by atoms with Crippen molar-refractivity contribution in [3.05, 3.63) is 47.7 Å². The molecule has 9 aliphatic rings. The Kier molecular flexibility index (Phi) is 9.56. The molecule has 0 aromatic rings. The maximum atomic E-state index is 14.5. The number of rotatable bonds is 5. The van der Waals surface area contributed by atoms with Crippen LogP contribution in [-0.4, -0.2) is 78.7 Å². The minimum Gasteiger partial charge on any atom is -0.390 e. The summed E-state index contributed by atoms with van der Waals surface area (Å²) in [6.45, 7) is 6.22. The van der Waals surface area contributed by atoms with Gasteiger partial charge in [0.15, 0.2) is 5.78 Å². The third-order valence-electron chi connectivity index (χ3n) is 18.0. The molecule has 6 fully saturated rings. The number of hydrogen-bond donors (Lipinski definition) is 7. The third-order valence-corrected chi connectivity index (χ3v) is 18.0. The molecule has 304 valence electrons. The summed E-state index contributed by atoms with van der Waals surface area (Å²) in [5, 5.41) is 65.4. The van der Waals surface area contributed by atoms with Crippen molar-refractivity contribution in [1.29, 1.82) is 0 Å². The van der Waals surface area contributed by atoms with E-state index >= 15 is 0 Å². The highest BCUT2D eigenvalue weighted by Crippen LogP contribution is 2.73. The summed E-state index contributed by atoms with van der Waals surface area (Å²) in [5.74, 6) is -0.0290. The Bertz CT molecular complexity index is 1660. The molecule has 5 saturated carbocycles. The number of dihydropyridines is 1. The van der Waals surface area contributed by atoms with Gasteiger partial charge in [-0.25, -0.2) is 0 Å². The van der Waals surface area contributed by atoms with Crippen LogP contribution in [0.1, 0.15) is 124 Å². The lowest BCUT2D eigenvalue weighted by molar-refractivity contribution is -0.253. The van der Waals surface area contributed by atoms with E-state index in [2.05, 4.69) is 37.4 Å². The first kappa shape index (κ1) is 38.7. The molecular formula is C46H68N2O7. The zero-order valence-electron chi connectivity index (χ0n) is 33.4. The van der Waals surface area contributed by atoms with E-state index in [1.54, 1.807) is 6.08 Å². The lowest BCUT2D eigenvalue weighted by atomic mass is 9.41. The van der Waals surface area contributed by atoms with Gasteiger partial charge >= 0.3 is 0 Å². The molecular weight excluding hydrogens is 693 g/mol. The van der Waals surface area contributed by atoms with Gasteiger partial charge in [0.25, 0.3) is 0 Å². The molecule has 18 unspecified atom stereocenters. The second kappa shape index (κ2) is 13.6. The van der Waals surface area contributed by atoms with Gasteiger partial charge in [-0.2, -0.15) is 0 Å². The zero-order valence-corrected chi connectivity index (χ0v) is 33.4. The van der Waals surface area contributed by atoms with E-state index in [1.807, 2.05) is 19.2 Å². The number of aliphatic hydroxyl groups is 5. The fourth-order valence-electron chi connectivity index (χ4n) is 15.4. The van der Waals surface area contributed by atoms with Crippen LogP contribution in [0.25, 0.3) is 0 Å². The van der Waals surface area contributed by atoms with Crippen LogP contribution < -0.4 is 11.1 Å². The average Bonchev–Trinajstić information content (AvgIpc) is 3.38. The summed E-state index contributed by atoms with van der Waals surface area (Å²) < 4.78 is 7.04. The Labute approximate surface area is 327 Å². The molecule has 0 bridgehead atoms.